The second kappa shape index (κ2) is 6.02. The Kier molecular flexibility index (Phi) is 4.66. The van der Waals surface area contributed by atoms with Crippen molar-refractivity contribution < 1.29 is 0 Å². The van der Waals surface area contributed by atoms with Crippen LogP contribution in [0.25, 0.3) is 0 Å². The summed E-state index contributed by atoms with van der Waals surface area (Å²) in [7, 11) is 0. The Labute approximate surface area is 101 Å². The lowest BCUT2D eigenvalue weighted by molar-refractivity contribution is 0.0959. The second-order valence-electron chi connectivity index (χ2n) is 6.04. The molecule has 0 radical (unpaired) electrons. The van der Waals surface area contributed by atoms with Crippen molar-refractivity contribution in [2.75, 3.05) is 13.1 Å². The Hall–Kier alpha value is -0.0800. The molecule has 0 spiro atoms. The van der Waals surface area contributed by atoms with E-state index in [1.165, 1.54) is 58.0 Å². The Bertz CT molecular complexity index is 197. The van der Waals surface area contributed by atoms with Gasteiger partial charge >= 0.3 is 0 Å². The Balaban J connectivity index is 1.75. The standard InChI is InChI=1S/C14H28N2/c1-12(2)13-7-6-8-14(11-13)15-16-9-4-3-5-10-16/h12-15H,3-11H2,1-2H3. The van der Waals surface area contributed by atoms with Crippen molar-refractivity contribution in [1.82, 2.24) is 10.4 Å². The largest absolute Gasteiger partial charge is 0.252 e. The lowest BCUT2D eigenvalue weighted by Gasteiger charge is -2.37. The SMILES string of the molecule is CC(C)C1CCCC(NN2CCCCC2)C1. The molecular formula is C14H28N2. The fourth-order valence-corrected chi connectivity index (χ4v) is 3.23. The predicted octanol–water partition coefficient (Wildman–Crippen LogP) is 3.19. The van der Waals surface area contributed by atoms with E-state index in [9.17, 15) is 0 Å². The third-order valence-electron chi connectivity index (χ3n) is 4.38. The Morgan fingerprint density at radius 3 is 2.44 bits per heavy atom. The number of nitrogens with zero attached hydrogens (tertiary/aromatic N) is 1. The molecule has 0 aromatic heterocycles. The summed E-state index contributed by atoms with van der Waals surface area (Å²) in [5.41, 5.74) is 3.78. The van der Waals surface area contributed by atoms with Crippen LogP contribution in [0.5, 0.6) is 0 Å². The van der Waals surface area contributed by atoms with Gasteiger partial charge in [0, 0.05) is 19.1 Å². The van der Waals surface area contributed by atoms with Crippen LogP contribution in [0.15, 0.2) is 0 Å². The van der Waals surface area contributed by atoms with Gasteiger partial charge in [0.25, 0.3) is 0 Å². The van der Waals surface area contributed by atoms with Crippen LogP contribution in [0, 0.1) is 11.8 Å². The lowest BCUT2D eigenvalue weighted by Crippen LogP contribution is -2.49. The van der Waals surface area contributed by atoms with Gasteiger partial charge in [-0.15, -0.1) is 0 Å². The first-order chi connectivity index (χ1) is 7.75. The van der Waals surface area contributed by atoms with Crippen molar-refractivity contribution >= 4 is 0 Å². The quantitative estimate of drug-likeness (QED) is 0.792. The van der Waals surface area contributed by atoms with E-state index in [4.69, 9.17) is 0 Å². The maximum absolute atomic E-state index is 3.78. The molecule has 16 heavy (non-hydrogen) atoms. The molecule has 1 heterocycles. The zero-order chi connectivity index (χ0) is 11.4. The highest BCUT2D eigenvalue weighted by molar-refractivity contribution is 4.79. The number of rotatable bonds is 3. The van der Waals surface area contributed by atoms with Crippen LogP contribution in [-0.2, 0) is 0 Å². The van der Waals surface area contributed by atoms with E-state index in [-0.39, 0.29) is 0 Å². The topological polar surface area (TPSA) is 15.3 Å². The average Bonchev–Trinajstić information content (AvgIpc) is 2.30. The first-order valence-corrected chi connectivity index (χ1v) is 7.27. The molecule has 2 unspecified atom stereocenters. The van der Waals surface area contributed by atoms with Crippen LogP contribution in [-0.4, -0.2) is 24.1 Å². The Morgan fingerprint density at radius 2 is 1.75 bits per heavy atom. The molecule has 2 nitrogen and oxygen atoms in total. The van der Waals surface area contributed by atoms with Crippen LogP contribution in [0.3, 0.4) is 0 Å². The number of piperidine rings is 1. The predicted molar refractivity (Wildman–Crippen MR) is 69.1 cm³/mol. The van der Waals surface area contributed by atoms with Crippen LogP contribution < -0.4 is 5.43 Å². The molecular weight excluding hydrogens is 196 g/mol. The second-order valence-corrected chi connectivity index (χ2v) is 6.04. The molecule has 1 saturated carbocycles. The molecule has 1 aliphatic carbocycles. The monoisotopic (exact) mass is 224 g/mol. The van der Waals surface area contributed by atoms with E-state index in [0.29, 0.717) is 0 Å². The van der Waals surface area contributed by atoms with Crippen molar-refractivity contribution in [2.45, 2.75) is 64.8 Å². The highest BCUT2D eigenvalue weighted by Gasteiger charge is 2.25. The van der Waals surface area contributed by atoms with Crippen molar-refractivity contribution in [2.24, 2.45) is 11.8 Å². The third kappa shape index (κ3) is 3.46. The normalized spacial score (nSPS) is 33.2. The molecule has 2 atom stereocenters. The molecule has 0 amide bonds. The first kappa shape index (κ1) is 12.4. The van der Waals surface area contributed by atoms with Gasteiger partial charge in [0.15, 0.2) is 0 Å². The molecule has 1 aliphatic heterocycles. The van der Waals surface area contributed by atoms with Gasteiger partial charge in [-0.2, -0.15) is 0 Å². The zero-order valence-corrected chi connectivity index (χ0v) is 11.0. The average molecular weight is 224 g/mol. The summed E-state index contributed by atoms with van der Waals surface area (Å²) in [6.07, 6.45) is 9.86. The van der Waals surface area contributed by atoms with E-state index in [2.05, 4.69) is 24.3 Å². The number of nitrogens with one attached hydrogen (secondary N) is 1. The summed E-state index contributed by atoms with van der Waals surface area (Å²) in [4.78, 5) is 0. The van der Waals surface area contributed by atoms with E-state index < -0.39 is 0 Å². The third-order valence-corrected chi connectivity index (χ3v) is 4.38. The number of hydrogen-bond acceptors (Lipinski definition) is 2. The molecule has 2 aliphatic rings. The van der Waals surface area contributed by atoms with Crippen molar-refractivity contribution in [3.05, 3.63) is 0 Å². The smallest absolute Gasteiger partial charge is 0.0218 e. The summed E-state index contributed by atoms with van der Waals surface area (Å²) < 4.78 is 0. The maximum Gasteiger partial charge on any atom is 0.0218 e. The summed E-state index contributed by atoms with van der Waals surface area (Å²) in [5, 5.41) is 2.48. The van der Waals surface area contributed by atoms with Crippen molar-refractivity contribution in [1.29, 1.82) is 0 Å². The highest BCUT2D eigenvalue weighted by Crippen LogP contribution is 2.30. The molecule has 0 aromatic rings. The molecule has 0 bridgehead atoms. The van der Waals surface area contributed by atoms with E-state index in [1.807, 2.05) is 0 Å². The van der Waals surface area contributed by atoms with E-state index in [1.54, 1.807) is 0 Å². The zero-order valence-electron chi connectivity index (χ0n) is 11.0. The summed E-state index contributed by atoms with van der Waals surface area (Å²) in [6, 6.07) is 0.763. The minimum atomic E-state index is 0.763. The van der Waals surface area contributed by atoms with Crippen molar-refractivity contribution in [3.63, 3.8) is 0 Å². The van der Waals surface area contributed by atoms with E-state index >= 15 is 0 Å². The number of hydrogen-bond donors (Lipinski definition) is 1. The molecule has 1 N–H and O–H groups in total. The summed E-state index contributed by atoms with van der Waals surface area (Å²) >= 11 is 0. The van der Waals surface area contributed by atoms with Crippen LogP contribution in [0.2, 0.25) is 0 Å². The molecule has 2 heteroatoms. The summed E-state index contributed by atoms with van der Waals surface area (Å²) in [6.45, 7) is 7.30. The molecule has 94 valence electrons. The molecule has 0 aromatic carbocycles. The summed E-state index contributed by atoms with van der Waals surface area (Å²) in [5.74, 6) is 1.82. The van der Waals surface area contributed by atoms with Gasteiger partial charge in [-0.1, -0.05) is 33.1 Å². The van der Waals surface area contributed by atoms with Crippen LogP contribution in [0.4, 0.5) is 0 Å². The fourth-order valence-electron chi connectivity index (χ4n) is 3.23. The first-order valence-electron chi connectivity index (χ1n) is 7.27. The van der Waals surface area contributed by atoms with Gasteiger partial charge in [-0.25, -0.2) is 5.01 Å². The van der Waals surface area contributed by atoms with Gasteiger partial charge in [-0.05, 0) is 37.5 Å². The van der Waals surface area contributed by atoms with Crippen LogP contribution in [0.1, 0.15) is 58.8 Å². The van der Waals surface area contributed by atoms with Gasteiger partial charge in [-0.3, -0.25) is 5.43 Å². The highest BCUT2D eigenvalue weighted by atomic mass is 15.5. The van der Waals surface area contributed by atoms with E-state index in [0.717, 1.165) is 17.9 Å². The van der Waals surface area contributed by atoms with Gasteiger partial charge in [0.2, 0.25) is 0 Å². The molecule has 2 fully saturated rings. The molecule has 1 saturated heterocycles. The van der Waals surface area contributed by atoms with Crippen LogP contribution >= 0.6 is 0 Å². The van der Waals surface area contributed by atoms with Crippen molar-refractivity contribution in [3.8, 4) is 0 Å². The molecule has 2 rings (SSSR count). The van der Waals surface area contributed by atoms with Gasteiger partial charge in [0.1, 0.15) is 0 Å². The van der Waals surface area contributed by atoms with Gasteiger partial charge < -0.3 is 0 Å². The Morgan fingerprint density at radius 1 is 1.00 bits per heavy atom. The maximum atomic E-state index is 3.78. The minimum absolute atomic E-state index is 0.763. The van der Waals surface area contributed by atoms with Gasteiger partial charge in [0.05, 0.1) is 0 Å². The fraction of sp³-hybridized carbons (Fsp3) is 1.00. The minimum Gasteiger partial charge on any atom is -0.252 e. The lowest BCUT2D eigenvalue weighted by atomic mass is 9.79. The number of hydrazine groups is 1.